The van der Waals surface area contributed by atoms with Crippen LogP contribution in [0.1, 0.15) is 5.56 Å². The summed E-state index contributed by atoms with van der Waals surface area (Å²) in [7, 11) is 0. The summed E-state index contributed by atoms with van der Waals surface area (Å²) >= 11 is 0. The number of aromatic nitrogens is 2. The predicted molar refractivity (Wildman–Crippen MR) is 78.6 cm³/mol. The molecule has 0 radical (unpaired) electrons. The minimum absolute atomic E-state index is 0. The Morgan fingerprint density at radius 1 is 0.957 bits per heavy atom. The minimum Gasteiger partial charge on any atom is -0.466 e. The molecule has 0 saturated carbocycles. The van der Waals surface area contributed by atoms with Crippen molar-refractivity contribution >= 4 is 0 Å². The number of nitrogens with zero attached hydrogens (tertiary/aromatic N) is 3. The molecule has 6 heteroatoms. The van der Waals surface area contributed by atoms with Crippen molar-refractivity contribution in [3.8, 4) is 29.3 Å². The summed E-state index contributed by atoms with van der Waals surface area (Å²) in [6, 6.07) is 20.7. The van der Waals surface area contributed by atoms with E-state index in [0.717, 1.165) is 0 Å². The number of rotatable bonds is 4. The van der Waals surface area contributed by atoms with E-state index >= 15 is 0 Å². The van der Waals surface area contributed by atoms with Crippen LogP contribution in [0.3, 0.4) is 0 Å². The first-order valence-corrected chi connectivity index (χ1v) is 6.49. The molecular formula is C17H10N3O2W-. The number of hydrogen-bond acceptors (Lipinski definition) is 5. The van der Waals surface area contributed by atoms with Crippen LogP contribution in [0.25, 0.3) is 0 Å². The molecule has 1 heterocycles. The Kier molecular flexibility index (Phi) is 5.85. The average Bonchev–Trinajstić information content (AvgIpc) is 2.57. The molecule has 0 atom stereocenters. The molecule has 0 unspecified atom stereocenters. The van der Waals surface area contributed by atoms with Gasteiger partial charge in [0.05, 0.1) is 11.6 Å². The average molecular weight is 472 g/mol. The molecule has 23 heavy (non-hydrogen) atoms. The Labute approximate surface area is 147 Å². The van der Waals surface area contributed by atoms with Gasteiger partial charge in [0, 0.05) is 26.8 Å². The summed E-state index contributed by atoms with van der Waals surface area (Å²) in [5, 5.41) is 9.05. The SMILES string of the molecule is N#Cc1ccccc1Oc1cc(Oc2[c-]cccc2)ncn1.[W]. The summed E-state index contributed by atoms with van der Waals surface area (Å²) in [6.07, 6.45) is 1.34. The van der Waals surface area contributed by atoms with Crippen LogP contribution in [0.4, 0.5) is 0 Å². The van der Waals surface area contributed by atoms with E-state index in [-0.39, 0.29) is 21.1 Å². The monoisotopic (exact) mass is 472 g/mol. The Morgan fingerprint density at radius 2 is 1.70 bits per heavy atom. The van der Waals surface area contributed by atoms with E-state index in [1.807, 2.05) is 12.1 Å². The summed E-state index contributed by atoms with van der Waals surface area (Å²) < 4.78 is 11.2. The van der Waals surface area contributed by atoms with Crippen LogP contribution in [0.2, 0.25) is 0 Å². The zero-order valence-corrected chi connectivity index (χ0v) is 14.8. The molecule has 0 saturated heterocycles. The standard InChI is InChI=1S/C17H10N3O2.W/c18-11-13-6-4-5-9-15(13)22-17-10-16(19-12-20-17)21-14-7-2-1-3-8-14;/h1-7,9-10,12H;/q-1;. The molecule has 2 aromatic carbocycles. The third kappa shape index (κ3) is 4.38. The van der Waals surface area contributed by atoms with E-state index < -0.39 is 0 Å². The van der Waals surface area contributed by atoms with Crippen molar-refractivity contribution < 1.29 is 30.5 Å². The van der Waals surface area contributed by atoms with Gasteiger partial charge in [-0.2, -0.15) is 23.5 Å². The Balaban J connectivity index is 0.00000192. The zero-order chi connectivity index (χ0) is 15.2. The van der Waals surface area contributed by atoms with Gasteiger partial charge in [0.25, 0.3) is 0 Å². The fraction of sp³-hybridized carbons (Fsp3) is 0. The van der Waals surface area contributed by atoms with Gasteiger partial charge in [-0.1, -0.05) is 12.1 Å². The van der Waals surface area contributed by atoms with Crippen molar-refractivity contribution in [2.75, 3.05) is 0 Å². The molecule has 5 nitrogen and oxygen atoms in total. The molecule has 3 aromatic rings. The molecule has 0 N–H and O–H groups in total. The maximum Gasteiger partial charge on any atom is 0.226 e. The molecule has 0 aliphatic heterocycles. The third-order valence-electron chi connectivity index (χ3n) is 2.73. The van der Waals surface area contributed by atoms with Crippen LogP contribution in [0.5, 0.6) is 23.3 Å². The van der Waals surface area contributed by atoms with Crippen LogP contribution in [0, 0.1) is 17.4 Å². The first kappa shape index (κ1) is 16.7. The van der Waals surface area contributed by atoms with Crippen LogP contribution < -0.4 is 9.47 Å². The van der Waals surface area contributed by atoms with Gasteiger partial charge < -0.3 is 9.47 Å². The van der Waals surface area contributed by atoms with Crippen LogP contribution in [-0.4, -0.2) is 9.97 Å². The maximum atomic E-state index is 9.05. The fourth-order valence-corrected chi connectivity index (χ4v) is 1.75. The van der Waals surface area contributed by atoms with Gasteiger partial charge in [0.15, 0.2) is 0 Å². The summed E-state index contributed by atoms with van der Waals surface area (Å²) in [5.41, 5.74) is 0.431. The topological polar surface area (TPSA) is 68.0 Å². The second-order valence-corrected chi connectivity index (χ2v) is 4.23. The molecule has 0 bridgehead atoms. The third-order valence-corrected chi connectivity index (χ3v) is 2.73. The largest absolute Gasteiger partial charge is 0.466 e. The van der Waals surface area contributed by atoms with E-state index in [1.54, 1.807) is 42.5 Å². The molecule has 3 rings (SSSR count). The summed E-state index contributed by atoms with van der Waals surface area (Å²) in [4.78, 5) is 8.04. The van der Waals surface area contributed by atoms with Crippen molar-refractivity contribution in [3.63, 3.8) is 0 Å². The Bertz CT molecular complexity index is 819. The molecule has 112 valence electrons. The fourth-order valence-electron chi connectivity index (χ4n) is 1.75. The van der Waals surface area contributed by atoms with Crippen molar-refractivity contribution in [1.82, 2.24) is 9.97 Å². The minimum atomic E-state index is 0. The predicted octanol–water partition coefficient (Wildman–Crippen LogP) is 3.73. The van der Waals surface area contributed by atoms with Crippen molar-refractivity contribution in [3.05, 3.63) is 72.6 Å². The smallest absolute Gasteiger partial charge is 0.226 e. The number of benzene rings is 2. The number of nitriles is 1. The molecule has 1 aromatic heterocycles. The van der Waals surface area contributed by atoms with Crippen molar-refractivity contribution in [1.29, 1.82) is 5.26 Å². The molecule has 0 aliphatic rings. The first-order valence-electron chi connectivity index (χ1n) is 6.49. The first-order chi connectivity index (χ1) is 10.8. The van der Waals surface area contributed by atoms with Gasteiger partial charge in [0.1, 0.15) is 18.1 Å². The van der Waals surface area contributed by atoms with Crippen LogP contribution in [-0.2, 0) is 21.1 Å². The van der Waals surface area contributed by atoms with Gasteiger partial charge in [-0.15, -0.1) is 12.1 Å². The second-order valence-electron chi connectivity index (χ2n) is 4.23. The Hall–Kier alpha value is -2.70. The molecule has 0 amide bonds. The molecule has 0 fully saturated rings. The van der Waals surface area contributed by atoms with E-state index in [1.165, 1.54) is 6.33 Å². The second kappa shape index (κ2) is 8.07. The molecule has 0 spiro atoms. The van der Waals surface area contributed by atoms with Crippen molar-refractivity contribution in [2.45, 2.75) is 0 Å². The summed E-state index contributed by atoms with van der Waals surface area (Å²) in [6.45, 7) is 0. The zero-order valence-electron chi connectivity index (χ0n) is 11.8. The van der Waals surface area contributed by atoms with Gasteiger partial charge in [-0.3, -0.25) is 0 Å². The van der Waals surface area contributed by atoms with Gasteiger partial charge in [-0.05, 0) is 12.1 Å². The number of para-hydroxylation sites is 2. The van der Waals surface area contributed by atoms with Gasteiger partial charge in [0.2, 0.25) is 11.8 Å². The number of ether oxygens (including phenoxy) is 2. The molecule has 0 aliphatic carbocycles. The van der Waals surface area contributed by atoms with E-state index in [0.29, 0.717) is 28.8 Å². The summed E-state index contributed by atoms with van der Waals surface area (Å²) in [5.74, 6) is 1.61. The van der Waals surface area contributed by atoms with Gasteiger partial charge in [-0.25, -0.2) is 9.97 Å². The molecular weight excluding hydrogens is 462 g/mol. The van der Waals surface area contributed by atoms with Crippen LogP contribution >= 0.6 is 0 Å². The van der Waals surface area contributed by atoms with E-state index in [4.69, 9.17) is 14.7 Å². The van der Waals surface area contributed by atoms with Gasteiger partial charge >= 0.3 is 0 Å². The Morgan fingerprint density at radius 3 is 2.43 bits per heavy atom. The number of hydrogen-bond donors (Lipinski definition) is 0. The van der Waals surface area contributed by atoms with E-state index in [9.17, 15) is 0 Å². The quantitative estimate of drug-likeness (QED) is 0.542. The maximum absolute atomic E-state index is 9.05. The van der Waals surface area contributed by atoms with E-state index in [2.05, 4.69) is 22.1 Å². The van der Waals surface area contributed by atoms with Crippen LogP contribution in [0.15, 0.2) is 60.9 Å². The van der Waals surface area contributed by atoms with Crippen molar-refractivity contribution in [2.24, 2.45) is 0 Å². The normalized spacial score (nSPS) is 9.35.